The summed E-state index contributed by atoms with van der Waals surface area (Å²) >= 11 is 0. The van der Waals surface area contributed by atoms with Gasteiger partial charge in [-0.3, -0.25) is 14.5 Å². The minimum Gasteiger partial charge on any atom is -0.387 e. The van der Waals surface area contributed by atoms with Crippen molar-refractivity contribution >= 4 is 11.7 Å². The molecular weight excluding hydrogens is 380 g/mol. The van der Waals surface area contributed by atoms with E-state index in [2.05, 4.69) is 44.8 Å². The van der Waals surface area contributed by atoms with Crippen molar-refractivity contribution in [1.82, 2.24) is 10.2 Å². The van der Waals surface area contributed by atoms with E-state index in [0.717, 1.165) is 38.8 Å². The Morgan fingerprint density at radius 2 is 1.63 bits per heavy atom. The van der Waals surface area contributed by atoms with Gasteiger partial charge in [-0.05, 0) is 66.5 Å². The highest BCUT2D eigenvalue weighted by molar-refractivity contribution is 5.83. The number of rotatable bonds is 14. The van der Waals surface area contributed by atoms with E-state index in [4.69, 9.17) is 9.84 Å². The summed E-state index contributed by atoms with van der Waals surface area (Å²) < 4.78 is 5.47. The van der Waals surface area contributed by atoms with Crippen molar-refractivity contribution < 1.29 is 19.4 Å². The molecule has 0 aromatic heterocycles. The van der Waals surface area contributed by atoms with Crippen molar-refractivity contribution in [2.75, 3.05) is 33.4 Å². The Hall–Kier alpha value is -0.980. The van der Waals surface area contributed by atoms with Crippen LogP contribution in [-0.4, -0.2) is 66.7 Å². The van der Waals surface area contributed by atoms with Crippen LogP contribution < -0.4 is 5.32 Å². The first-order chi connectivity index (χ1) is 14.1. The minimum absolute atomic E-state index is 0.00140. The van der Waals surface area contributed by atoms with Gasteiger partial charge in [0.05, 0.1) is 11.6 Å². The zero-order valence-electron chi connectivity index (χ0n) is 21.5. The van der Waals surface area contributed by atoms with Crippen molar-refractivity contribution in [3.8, 4) is 0 Å². The number of carbonyl (C=O) groups is 2. The lowest BCUT2D eigenvalue weighted by atomic mass is 10.0. The van der Waals surface area contributed by atoms with Gasteiger partial charge >= 0.3 is 0 Å². The number of nitrogens with zero attached hydrogens (tertiary/aromatic N) is 1. The topological polar surface area (TPSA) is 78.9 Å². The molecule has 182 valence electrons. The quantitative estimate of drug-likeness (QED) is 0.393. The van der Waals surface area contributed by atoms with Gasteiger partial charge in [-0.25, -0.2) is 0 Å². The number of hydrogen-bond acceptors (Lipinski definition) is 5. The molecule has 0 unspecified atom stereocenters. The summed E-state index contributed by atoms with van der Waals surface area (Å²) in [4.78, 5) is 24.9. The number of likely N-dealkylation sites (N-methyl/N-ethyl adjacent to an activating group) is 1. The summed E-state index contributed by atoms with van der Waals surface area (Å²) in [5.41, 5.74) is 0.0508. The predicted octanol–water partition coefficient (Wildman–Crippen LogP) is 4.58. The van der Waals surface area contributed by atoms with Gasteiger partial charge < -0.3 is 15.2 Å². The van der Waals surface area contributed by atoms with Gasteiger partial charge in [-0.1, -0.05) is 41.0 Å². The molecule has 0 aliphatic rings. The zero-order valence-corrected chi connectivity index (χ0v) is 21.5. The number of hydrogen-bond donors (Lipinski definition) is 2. The highest BCUT2D eigenvalue weighted by Gasteiger charge is 2.20. The second kappa shape index (κ2) is 22.7. The first-order valence-corrected chi connectivity index (χ1v) is 11.9. The molecule has 0 aliphatic heterocycles. The van der Waals surface area contributed by atoms with Crippen LogP contribution in [0.2, 0.25) is 0 Å². The van der Waals surface area contributed by atoms with E-state index in [1.807, 2.05) is 27.8 Å². The molecule has 1 amide bonds. The van der Waals surface area contributed by atoms with Crippen molar-refractivity contribution in [3.63, 3.8) is 0 Å². The average molecular weight is 433 g/mol. The van der Waals surface area contributed by atoms with Gasteiger partial charge in [0.25, 0.3) is 0 Å². The summed E-state index contributed by atoms with van der Waals surface area (Å²) in [6.45, 7) is 18.4. The monoisotopic (exact) mass is 432 g/mol. The average Bonchev–Trinajstić information content (AvgIpc) is 2.71. The molecule has 0 heterocycles. The van der Waals surface area contributed by atoms with Crippen molar-refractivity contribution in [2.24, 2.45) is 0 Å². The van der Waals surface area contributed by atoms with Gasteiger partial charge in [0.1, 0.15) is 12.4 Å². The maximum absolute atomic E-state index is 11.9. The molecule has 0 aliphatic carbocycles. The normalized spacial score (nSPS) is 11.7. The van der Waals surface area contributed by atoms with Gasteiger partial charge in [-0.15, -0.1) is 0 Å². The van der Waals surface area contributed by atoms with E-state index in [1.165, 1.54) is 12.8 Å². The van der Waals surface area contributed by atoms with E-state index >= 15 is 0 Å². The van der Waals surface area contributed by atoms with Crippen LogP contribution in [0.5, 0.6) is 0 Å². The number of ketones is 1. The van der Waals surface area contributed by atoms with Crippen molar-refractivity contribution in [2.45, 2.75) is 112 Å². The molecule has 0 spiro atoms. The maximum atomic E-state index is 11.9. The van der Waals surface area contributed by atoms with Gasteiger partial charge in [-0.2, -0.15) is 0 Å². The number of ether oxygens (including phenoxy) is 1. The molecule has 0 bridgehead atoms. The number of Topliss-reactive ketones (excluding diaryl/α,β-unsaturated/α-hetero) is 1. The Labute approximate surface area is 187 Å². The summed E-state index contributed by atoms with van der Waals surface area (Å²) in [7, 11) is 2.00. The molecule has 1 atom stereocenters. The van der Waals surface area contributed by atoms with Crippen LogP contribution >= 0.6 is 0 Å². The molecule has 6 heteroatoms. The molecule has 0 radical (unpaired) electrons. The van der Waals surface area contributed by atoms with E-state index in [0.29, 0.717) is 13.0 Å². The van der Waals surface area contributed by atoms with E-state index in [-0.39, 0.29) is 23.3 Å². The van der Waals surface area contributed by atoms with Crippen LogP contribution in [0.15, 0.2) is 0 Å². The zero-order chi connectivity index (χ0) is 24.0. The number of aliphatic hydroxyl groups excluding tert-OH is 1. The number of carbonyl (C=O) groups excluding carboxylic acids is 2. The fourth-order valence-corrected chi connectivity index (χ4v) is 2.64. The van der Waals surface area contributed by atoms with Crippen LogP contribution in [0.1, 0.15) is 100 Å². The van der Waals surface area contributed by atoms with E-state index in [9.17, 15) is 9.59 Å². The second-order valence-corrected chi connectivity index (χ2v) is 8.13. The molecule has 2 N–H and O–H groups in total. The Morgan fingerprint density at radius 1 is 1.03 bits per heavy atom. The lowest BCUT2D eigenvalue weighted by Gasteiger charge is -2.26. The number of aliphatic hydroxyl groups is 1. The van der Waals surface area contributed by atoms with Crippen LogP contribution in [0.25, 0.3) is 0 Å². The van der Waals surface area contributed by atoms with E-state index < -0.39 is 6.61 Å². The molecule has 30 heavy (non-hydrogen) atoms. The SMILES string of the molecule is CC.CCCCOC(C)(C)C.CCCN(C)[C@@H](CCCCNC(=O)CO)C(=O)CC. The van der Waals surface area contributed by atoms with E-state index in [1.54, 1.807) is 0 Å². The summed E-state index contributed by atoms with van der Waals surface area (Å²) in [5.74, 6) is -0.0559. The summed E-state index contributed by atoms with van der Waals surface area (Å²) in [6.07, 6.45) is 6.57. The van der Waals surface area contributed by atoms with Gasteiger partial charge in [0.2, 0.25) is 5.91 Å². The van der Waals surface area contributed by atoms with Crippen LogP contribution in [0.3, 0.4) is 0 Å². The molecule has 0 saturated heterocycles. The summed E-state index contributed by atoms with van der Waals surface area (Å²) in [5, 5.41) is 11.2. The minimum atomic E-state index is -0.462. The second-order valence-electron chi connectivity index (χ2n) is 8.13. The largest absolute Gasteiger partial charge is 0.387 e. The number of unbranched alkanes of at least 4 members (excludes halogenated alkanes) is 2. The maximum Gasteiger partial charge on any atom is 0.245 e. The molecule has 0 aromatic carbocycles. The number of nitrogens with one attached hydrogen (secondary N) is 1. The fraction of sp³-hybridized carbons (Fsp3) is 0.917. The summed E-state index contributed by atoms with van der Waals surface area (Å²) in [6, 6.07) is -0.00140. The highest BCUT2D eigenvalue weighted by Crippen LogP contribution is 2.11. The van der Waals surface area contributed by atoms with Crippen LogP contribution in [0, 0.1) is 0 Å². The molecular formula is C24H52N2O4. The molecule has 0 fully saturated rings. The Morgan fingerprint density at radius 3 is 2.07 bits per heavy atom. The third-order valence-corrected chi connectivity index (χ3v) is 4.23. The molecule has 0 aromatic rings. The van der Waals surface area contributed by atoms with Gasteiger partial charge in [0, 0.05) is 19.6 Å². The molecule has 6 nitrogen and oxygen atoms in total. The Bertz CT molecular complexity index is 395. The Balaban J connectivity index is -0.000000554. The lowest BCUT2D eigenvalue weighted by molar-refractivity contribution is -0.124. The lowest BCUT2D eigenvalue weighted by Crippen LogP contribution is -2.38. The predicted molar refractivity (Wildman–Crippen MR) is 128 cm³/mol. The highest BCUT2D eigenvalue weighted by atomic mass is 16.5. The van der Waals surface area contributed by atoms with Crippen molar-refractivity contribution in [3.05, 3.63) is 0 Å². The van der Waals surface area contributed by atoms with Crippen LogP contribution in [0.4, 0.5) is 0 Å². The molecule has 0 rings (SSSR count). The first kappa shape index (κ1) is 33.7. The fourth-order valence-electron chi connectivity index (χ4n) is 2.64. The standard InChI is InChI=1S/C14H28N2O3.C8H18O.C2H6/c1-4-10-16(3)12(13(18)5-2)8-6-7-9-15-14(19)11-17;1-5-6-7-9-8(2,3)4;1-2/h12,17H,4-11H2,1-3H3,(H,15,19);5-7H2,1-4H3;1-2H3/t12-;;/m0../s1. The first-order valence-electron chi connectivity index (χ1n) is 11.9. The van der Waals surface area contributed by atoms with Crippen LogP contribution in [-0.2, 0) is 14.3 Å². The van der Waals surface area contributed by atoms with Gasteiger partial charge in [0.15, 0.2) is 0 Å². The third kappa shape index (κ3) is 23.3. The smallest absolute Gasteiger partial charge is 0.245 e. The van der Waals surface area contributed by atoms with Crippen molar-refractivity contribution in [1.29, 1.82) is 0 Å². The Kier molecular flexibility index (Phi) is 25.5. The number of amides is 1. The third-order valence-electron chi connectivity index (χ3n) is 4.23. The molecule has 0 saturated carbocycles.